The Balaban J connectivity index is 0.00000100. The summed E-state index contributed by atoms with van der Waals surface area (Å²) < 4.78 is 11.2. The van der Waals surface area contributed by atoms with Gasteiger partial charge in [0.15, 0.2) is 11.5 Å². The monoisotopic (exact) mass is 399 g/mol. The summed E-state index contributed by atoms with van der Waals surface area (Å²) in [6.07, 6.45) is 4.89. The second kappa shape index (κ2) is 8.76. The zero-order chi connectivity index (χ0) is 17.6. The first-order valence-corrected chi connectivity index (χ1v) is 9.45. The second-order valence-electron chi connectivity index (χ2n) is 5.88. The number of hydrogen-bond acceptors (Lipinski definition) is 6. The number of piperidine rings is 1. The molecule has 6 nitrogen and oxygen atoms in total. The van der Waals surface area contributed by atoms with Gasteiger partial charge in [-0.25, -0.2) is 14.8 Å². The normalized spacial score (nSPS) is 18.9. The summed E-state index contributed by atoms with van der Waals surface area (Å²) in [6, 6.07) is 0. The first-order chi connectivity index (χ1) is 11.6. The van der Waals surface area contributed by atoms with Gasteiger partial charge in [0.05, 0.1) is 19.4 Å². The van der Waals surface area contributed by atoms with Crippen LogP contribution >= 0.6 is 15.9 Å². The van der Waals surface area contributed by atoms with Gasteiger partial charge in [-0.15, -0.1) is 0 Å². The van der Waals surface area contributed by atoms with Crippen molar-refractivity contribution in [3.8, 4) is 0 Å². The van der Waals surface area contributed by atoms with Gasteiger partial charge in [0.25, 0.3) is 0 Å². The lowest BCUT2D eigenvalue weighted by atomic mass is 9.78. The van der Waals surface area contributed by atoms with E-state index in [0.29, 0.717) is 22.4 Å². The van der Waals surface area contributed by atoms with Crippen LogP contribution in [0.3, 0.4) is 0 Å². The predicted molar refractivity (Wildman–Crippen MR) is 96.4 cm³/mol. The van der Waals surface area contributed by atoms with Crippen molar-refractivity contribution in [3.05, 3.63) is 16.5 Å². The lowest BCUT2D eigenvalue weighted by Crippen LogP contribution is -2.41. The third-order valence-electron chi connectivity index (χ3n) is 4.50. The largest absolute Gasteiger partial charge is 0.461 e. The molecule has 0 amide bonds. The van der Waals surface area contributed by atoms with Crippen molar-refractivity contribution in [1.29, 1.82) is 0 Å². The number of nitrogens with zero attached hydrogens (tertiary/aromatic N) is 3. The van der Waals surface area contributed by atoms with E-state index in [0.717, 1.165) is 45.6 Å². The molecule has 1 spiro atoms. The van der Waals surface area contributed by atoms with Crippen LogP contribution in [-0.4, -0.2) is 48.8 Å². The van der Waals surface area contributed by atoms with Gasteiger partial charge < -0.3 is 14.4 Å². The molecule has 2 fully saturated rings. The Morgan fingerprint density at radius 1 is 1.38 bits per heavy atom. The van der Waals surface area contributed by atoms with Gasteiger partial charge in [-0.1, -0.05) is 13.8 Å². The van der Waals surface area contributed by atoms with E-state index >= 15 is 0 Å². The van der Waals surface area contributed by atoms with E-state index in [1.165, 1.54) is 0 Å². The number of aromatic nitrogens is 2. The Bertz CT molecular complexity index is 552. The van der Waals surface area contributed by atoms with Crippen LogP contribution in [0.4, 0.5) is 5.82 Å². The Labute approximate surface area is 152 Å². The molecule has 0 N–H and O–H groups in total. The minimum atomic E-state index is -0.421. The van der Waals surface area contributed by atoms with E-state index in [-0.39, 0.29) is 5.69 Å². The van der Waals surface area contributed by atoms with Crippen LogP contribution in [0, 0.1) is 5.41 Å². The molecular weight excluding hydrogens is 374 g/mol. The number of hydrogen-bond donors (Lipinski definition) is 0. The molecule has 3 rings (SSSR count). The van der Waals surface area contributed by atoms with Gasteiger partial charge in [0, 0.05) is 19.7 Å². The topological polar surface area (TPSA) is 64.5 Å². The molecule has 0 bridgehead atoms. The summed E-state index contributed by atoms with van der Waals surface area (Å²) in [7, 11) is 0. The third kappa shape index (κ3) is 4.25. The number of halogens is 1. The molecule has 7 heteroatoms. The molecule has 2 aliphatic rings. The molecule has 0 unspecified atom stereocenters. The maximum Gasteiger partial charge on any atom is 0.360 e. The first-order valence-electron chi connectivity index (χ1n) is 8.66. The highest BCUT2D eigenvalue weighted by Crippen LogP contribution is 2.40. The molecule has 0 radical (unpaired) electrons. The lowest BCUT2D eigenvalue weighted by Gasteiger charge is -2.39. The van der Waals surface area contributed by atoms with Gasteiger partial charge >= 0.3 is 5.97 Å². The average molecular weight is 400 g/mol. The summed E-state index contributed by atoms with van der Waals surface area (Å²) in [5.41, 5.74) is 0.610. The zero-order valence-corrected chi connectivity index (χ0v) is 16.3. The molecule has 24 heavy (non-hydrogen) atoms. The number of esters is 1. The Kier molecular flexibility index (Phi) is 6.98. The van der Waals surface area contributed by atoms with Crippen LogP contribution in [0.2, 0.25) is 0 Å². The van der Waals surface area contributed by atoms with E-state index in [4.69, 9.17) is 9.47 Å². The maximum atomic E-state index is 12.1. The fourth-order valence-corrected chi connectivity index (χ4v) is 3.45. The van der Waals surface area contributed by atoms with Crippen LogP contribution < -0.4 is 4.90 Å². The van der Waals surface area contributed by atoms with Crippen LogP contribution in [0.25, 0.3) is 0 Å². The van der Waals surface area contributed by atoms with Crippen molar-refractivity contribution < 1.29 is 14.3 Å². The molecule has 134 valence electrons. The number of rotatable bonds is 3. The standard InChI is InChI=1S/C15H20BrN3O3.C2H6/c1-2-22-14(20)12-13(17-9-11(16)18-12)19-6-3-15(4-7-19)5-8-21-10-15;1-2/h9H,2-8,10H2,1H3;1-2H3. The minimum Gasteiger partial charge on any atom is -0.461 e. The van der Waals surface area contributed by atoms with Crippen LogP contribution in [0.15, 0.2) is 10.8 Å². The smallest absolute Gasteiger partial charge is 0.360 e. The Morgan fingerprint density at radius 2 is 2.08 bits per heavy atom. The van der Waals surface area contributed by atoms with Crippen molar-refractivity contribution in [2.45, 2.75) is 40.0 Å². The van der Waals surface area contributed by atoms with Crippen LogP contribution in [-0.2, 0) is 9.47 Å². The number of carbonyl (C=O) groups is 1. The van der Waals surface area contributed by atoms with Gasteiger partial charge in [0.2, 0.25) is 0 Å². The summed E-state index contributed by atoms with van der Waals surface area (Å²) in [4.78, 5) is 22.9. The van der Waals surface area contributed by atoms with Crippen LogP contribution in [0.1, 0.15) is 50.5 Å². The summed E-state index contributed by atoms with van der Waals surface area (Å²) in [5, 5.41) is 0. The van der Waals surface area contributed by atoms with Gasteiger partial charge in [0.1, 0.15) is 4.60 Å². The highest BCUT2D eigenvalue weighted by atomic mass is 79.9. The van der Waals surface area contributed by atoms with E-state index in [9.17, 15) is 4.79 Å². The van der Waals surface area contributed by atoms with Gasteiger partial charge in [-0.2, -0.15) is 0 Å². The number of anilines is 1. The fraction of sp³-hybridized carbons (Fsp3) is 0.706. The van der Waals surface area contributed by atoms with Crippen molar-refractivity contribution in [2.75, 3.05) is 37.8 Å². The predicted octanol–water partition coefficient (Wildman–Crippen LogP) is 3.45. The highest BCUT2D eigenvalue weighted by molar-refractivity contribution is 9.10. The number of carbonyl (C=O) groups excluding carboxylic acids is 1. The highest BCUT2D eigenvalue weighted by Gasteiger charge is 2.39. The molecule has 2 saturated heterocycles. The summed E-state index contributed by atoms with van der Waals surface area (Å²) in [5.74, 6) is 0.200. The molecule has 3 heterocycles. The van der Waals surface area contributed by atoms with E-state index in [1.54, 1.807) is 13.1 Å². The van der Waals surface area contributed by atoms with Crippen molar-refractivity contribution >= 4 is 27.7 Å². The molecule has 2 aliphatic heterocycles. The molecule has 0 saturated carbocycles. The van der Waals surface area contributed by atoms with Crippen molar-refractivity contribution in [3.63, 3.8) is 0 Å². The third-order valence-corrected chi connectivity index (χ3v) is 4.88. The maximum absolute atomic E-state index is 12.1. The molecule has 1 aromatic heterocycles. The summed E-state index contributed by atoms with van der Waals surface area (Å²) in [6.45, 7) is 9.57. The molecular formula is C17H26BrN3O3. The van der Waals surface area contributed by atoms with E-state index < -0.39 is 5.97 Å². The Morgan fingerprint density at radius 3 is 2.67 bits per heavy atom. The minimum absolute atomic E-state index is 0.287. The zero-order valence-electron chi connectivity index (χ0n) is 14.7. The van der Waals surface area contributed by atoms with Crippen molar-refractivity contribution in [2.24, 2.45) is 5.41 Å². The average Bonchev–Trinajstić information content (AvgIpc) is 3.06. The number of ether oxygens (including phenoxy) is 2. The summed E-state index contributed by atoms with van der Waals surface area (Å²) >= 11 is 3.27. The SMILES string of the molecule is CC.CCOC(=O)c1nc(Br)cnc1N1CCC2(CCOC2)CC1. The fourth-order valence-electron chi connectivity index (χ4n) is 3.17. The quantitative estimate of drug-likeness (QED) is 0.725. The molecule has 0 aromatic carbocycles. The second-order valence-corrected chi connectivity index (χ2v) is 6.69. The lowest BCUT2D eigenvalue weighted by molar-refractivity contribution is 0.0519. The van der Waals surface area contributed by atoms with Crippen LogP contribution in [0.5, 0.6) is 0 Å². The van der Waals surface area contributed by atoms with E-state index in [2.05, 4.69) is 30.8 Å². The van der Waals surface area contributed by atoms with Gasteiger partial charge in [-0.3, -0.25) is 0 Å². The molecule has 0 atom stereocenters. The molecule has 0 aliphatic carbocycles. The van der Waals surface area contributed by atoms with Gasteiger partial charge in [-0.05, 0) is 47.5 Å². The van der Waals surface area contributed by atoms with Crippen molar-refractivity contribution in [1.82, 2.24) is 9.97 Å². The molecule has 1 aromatic rings. The first kappa shape index (κ1) is 19.1. The van der Waals surface area contributed by atoms with E-state index in [1.807, 2.05) is 13.8 Å². The Hall–Kier alpha value is -1.21.